The van der Waals surface area contributed by atoms with Gasteiger partial charge in [-0.05, 0) is 36.6 Å². The number of amides is 1. The number of nitrogens with one attached hydrogen (secondary N) is 1. The largest absolute Gasteiger partial charge is 0.355 e. The van der Waals surface area contributed by atoms with Crippen molar-refractivity contribution in [3.05, 3.63) is 35.7 Å². The summed E-state index contributed by atoms with van der Waals surface area (Å²) in [5.41, 5.74) is 1.28. The van der Waals surface area contributed by atoms with Gasteiger partial charge in [-0.2, -0.15) is 0 Å². The number of fused-ring (bicyclic) bond motifs is 1. The van der Waals surface area contributed by atoms with Crippen LogP contribution in [0, 0.1) is 5.92 Å². The van der Waals surface area contributed by atoms with E-state index in [1.54, 1.807) is 23.5 Å². The number of aromatic nitrogens is 3. The zero-order valence-corrected chi connectivity index (χ0v) is 17.2. The average molecular weight is 391 g/mol. The number of aryl methyl sites for hydroxylation is 1. The standard InChI is InChI=1S/C19H26N4OS2/c1-13(2)12-23-17(21-22-19(23)25-3)9-6-10-20-18(24)16-11-14-7-4-5-8-15(14)26-16/h4-5,7-8,13,16H,6,9-12H2,1-3H3,(H,20,24). The van der Waals surface area contributed by atoms with Crippen molar-refractivity contribution < 1.29 is 4.79 Å². The number of thioether (sulfide) groups is 2. The van der Waals surface area contributed by atoms with Gasteiger partial charge in [-0.15, -0.1) is 22.0 Å². The van der Waals surface area contributed by atoms with Crippen molar-refractivity contribution in [2.24, 2.45) is 5.92 Å². The molecule has 0 fully saturated rings. The average Bonchev–Trinajstić information content (AvgIpc) is 3.22. The van der Waals surface area contributed by atoms with Gasteiger partial charge < -0.3 is 9.88 Å². The lowest BCUT2D eigenvalue weighted by molar-refractivity contribution is -0.120. The van der Waals surface area contributed by atoms with Crippen LogP contribution in [-0.2, 0) is 24.2 Å². The molecular weight excluding hydrogens is 364 g/mol. The Kier molecular flexibility index (Phi) is 6.64. The summed E-state index contributed by atoms with van der Waals surface area (Å²) in [4.78, 5) is 13.7. The van der Waals surface area contributed by atoms with Crippen LogP contribution in [0.25, 0.3) is 0 Å². The van der Waals surface area contributed by atoms with Crippen LogP contribution in [0.15, 0.2) is 34.3 Å². The molecule has 0 saturated carbocycles. The Morgan fingerprint density at radius 2 is 2.19 bits per heavy atom. The number of hydrogen-bond acceptors (Lipinski definition) is 5. The molecule has 0 saturated heterocycles. The lowest BCUT2D eigenvalue weighted by atomic mass is 10.1. The third kappa shape index (κ3) is 4.62. The van der Waals surface area contributed by atoms with Gasteiger partial charge in [0.2, 0.25) is 5.91 Å². The molecule has 1 unspecified atom stereocenters. The lowest BCUT2D eigenvalue weighted by Gasteiger charge is -2.12. The lowest BCUT2D eigenvalue weighted by Crippen LogP contribution is -2.33. The van der Waals surface area contributed by atoms with Crippen LogP contribution in [0.1, 0.15) is 31.7 Å². The number of hydrogen-bond donors (Lipinski definition) is 1. The molecular formula is C19H26N4OS2. The number of nitrogens with zero attached hydrogens (tertiary/aromatic N) is 3. The third-order valence-electron chi connectivity index (χ3n) is 4.34. The number of benzene rings is 1. The van der Waals surface area contributed by atoms with Gasteiger partial charge in [0.05, 0.1) is 5.25 Å². The quantitative estimate of drug-likeness (QED) is 0.553. The predicted molar refractivity (Wildman–Crippen MR) is 108 cm³/mol. The van der Waals surface area contributed by atoms with Crippen molar-refractivity contribution in [1.82, 2.24) is 20.1 Å². The molecule has 1 N–H and O–H groups in total. The number of carbonyl (C=O) groups excluding carboxylic acids is 1. The van der Waals surface area contributed by atoms with E-state index < -0.39 is 0 Å². The molecule has 140 valence electrons. The first kappa shape index (κ1) is 19.3. The molecule has 1 atom stereocenters. The molecule has 1 amide bonds. The van der Waals surface area contributed by atoms with E-state index in [4.69, 9.17) is 0 Å². The topological polar surface area (TPSA) is 59.8 Å². The molecule has 0 aliphatic carbocycles. The molecule has 2 heterocycles. The molecule has 3 rings (SSSR count). The van der Waals surface area contributed by atoms with E-state index in [-0.39, 0.29) is 11.2 Å². The normalized spacial score (nSPS) is 16.1. The van der Waals surface area contributed by atoms with Gasteiger partial charge in [-0.3, -0.25) is 4.79 Å². The second-order valence-electron chi connectivity index (χ2n) is 6.92. The van der Waals surface area contributed by atoms with Gasteiger partial charge in [-0.25, -0.2) is 0 Å². The highest BCUT2D eigenvalue weighted by Gasteiger charge is 2.27. The Labute approximate surface area is 163 Å². The van der Waals surface area contributed by atoms with Gasteiger partial charge in [0.15, 0.2) is 5.16 Å². The molecule has 2 aromatic rings. The van der Waals surface area contributed by atoms with E-state index in [0.29, 0.717) is 12.5 Å². The molecule has 26 heavy (non-hydrogen) atoms. The van der Waals surface area contributed by atoms with Crippen LogP contribution in [0.5, 0.6) is 0 Å². The molecule has 0 spiro atoms. The maximum atomic E-state index is 12.4. The van der Waals surface area contributed by atoms with E-state index in [1.807, 2.05) is 18.4 Å². The van der Waals surface area contributed by atoms with E-state index in [1.165, 1.54) is 10.5 Å². The maximum Gasteiger partial charge on any atom is 0.233 e. The Bertz CT molecular complexity index is 735. The first-order valence-electron chi connectivity index (χ1n) is 9.06. The van der Waals surface area contributed by atoms with Crippen LogP contribution in [0.2, 0.25) is 0 Å². The minimum absolute atomic E-state index is 0.0000814. The molecule has 7 heteroatoms. The Morgan fingerprint density at radius 3 is 2.92 bits per heavy atom. The summed E-state index contributed by atoms with van der Waals surface area (Å²) in [6.45, 7) is 6.01. The summed E-state index contributed by atoms with van der Waals surface area (Å²) < 4.78 is 2.21. The summed E-state index contributed by atoms with van der Waals surface area (Å²) in [5.74, 6) is 1.70. The highest BCUT2D eigenvalue weighted by molar-refractivity contribution is 8.01. The van der Waals surface area contributed by atoms with E-state index in [0.717, 1.165) is 36.8 Å². The van der Waals surface area contributed by atoms with Crippen molar-refractivity contribution in [2.45, 2.75) is 55.0 Å². The summed E-state index contributed by atoms with van der Waals surface area (Å²) in [5, 5.41) is 12.7. The minimum Gasteiger partial charge on any atom is -0.355 e. The van der Waals surface area contributed by atoms with Crippen molar-refractivity contribution in [2.75, 3.05) is 12.8 Å². The van der Waals surface area contributed by atoms with Crippen molar-refractivity contribution in [1.29, 1.82) is 0 Å². The number of rotatable bonds is 8. The maximum absolute atomic E-state index is 12.4. The molecule has 1 aromatic carbocycles. The second-order valence-corrected chi connectivity index (χ2v) is 8.94. The van der Waals surface area contributed by atoms with Gasteiger partial charge >= 0.3 is 0 Å². The summed E-state index contributed by atoms with van der Waals surface area (Å²) in [6, 6.07) is 8.27. The molecule has 1 aromatic heterocycles. The zero-order valence-electron chi connectivity index (χ0n) is 15.6. The second kappa shape index (κ2) is 8.95. The third-order valence-corrected chi connectivity index (χ3v) is 6.32. The smallest absolute Gasteiger partial charge is 0.233 e. The Hall–Kier alpha value is -1.47. The van der Waals surface area contributed by atoms with Gasteiger partial charge in [0.1, 0.15) is 5.82 Å². The fourth-order valence-corrected chi connectivity index (χ4v) is 4.85. The summed E-state index contributed by atoms with van der Waals surface area (Å²) in [7, 11) is 0. The van der Waals surface area contributed by atoms with Crippen LogP contribution >= 0.6 is 23.5 Å². The van der Waals surface area contributed by atoms with E-state index >= 15 is 0 Å². The minimum atomic E-state index is 0.0000814. The van der Waals surface area contributed by atoms with Gasteiger partial charge in [0.25, 0.3) is 0 Å². The Balaban J connectivity index is 1.46. The molecule has 5 nitrogen and oxygen atoms in total. The van der Waals surface area contributed by atoms with Crippen molar-refractivity contribution in [3.63, 3.8) is 0 Å². The molecule has 0 radical (unpaired) electrons. The highest BCUT2D eigenvalue weighted by atomic mass is 32.2. The fraction of sp³-hybridized carbons (Fsp3) is 0.526. The van der Waals surface area contributed by atoms with E-state index in [9.17, 15) is 4.79 Å². The van der Waals surface area contributed by atoms with Crippen LogP contribution in [0.4, 0.5) is 0 Å². The molecule has 1 aliphatic heterocycles. The molecule has 0 bridgehead atoms. The van der Waals surface area contributed by atoms with Crippen LogP contribution < -0.4 is 5.32 Å². The fourth-order valence-electron chi connectivity index (χ4n) is 3.10. The van der Waals surface area contributed by atoms with Crippen molar-refractivity contribution >= 4 is 29.4 Å². The van der Waals surface area contributed by atoms with Crippen LogP contribution in [0.3, 0.4) is 0 Å². The number of carbonyl (C=O) groups is 1. The monoisotopic (exact) mass is 390 g/mol. The summed E-state index contributed by atoms with van der Waals surface area (Å²) in [6.07, 6.45) is 4.56. The van der Waals surface area contributed by atoms with E-state index in [2.05, 4.69) is 46.1 Å². The summed E-state index contributed by atoms with van der Waals surface area (Å²) >= 11 is 3.30. The Morgan fingerprint density at radius 1 is 1.38 bits per heavy atom. The van der Waals surface area contributed by atoms with Crippen LogP contribution in [-0.4, -0.2) is 38.7 Å². The first-order chi connectivity index (χ1) is 12.6. The highest BCUT2D eigenvalue weighted by Crippen LogP contribution is 2.36. The molecule has 1 aliphatic rings. The first-order valence-corrected chi connectivity index (χ1v) is 11.2. The van der Waals surface area contributed by atoms with Gasteiger partial charge in [-0.1, -0.05) is 43.8 Å². The predicted octanol–water partition coefficient (Wildman–Crippen LogP) is 3.42. The van der Waals surface area contributed by atoms with Crippen molar-refractivity contribution in [3.8, 4) is 0 Å². The van der Waals surface area contributed by atoms with Gasteiger partial charge in [0, 0.05) is 24.4 Å². The zero-order chi connectivity index (χ0) is 18.5. The SMILES string of the molecule is CSc1nnc(CCCNC(=O)C2Cc3ccccc3S2)n1CC(C)C.